The van der Waals surface area contributed by atoms with Crippen LogP contribution in [0.15, 0.2) is 54.7 Å². The molecule has 3 aromatic rings. The van der Waals surface area contributed by atoms with Crippen LogP contribution in [-0.2, 0) is 14.1 Å². The summed E-state index contributed by atoms with van der Waals surface area (Å²) >= 11 is 0. The second-order valence-corrected chi connectivity index (χ2v) is 4.92. The van der Waals surface area contributed by atoms with Crippen LogP contribution >= 0.6 is 0 Å². The molecule has 102 valence electrons. The van der Waals surface area contributed by atoms with E-state index in [1.54, 1.807) is 0 Å². The Morgan fingerprint density at radius 2 is 1.90 bits per heavy atom. The van der Waals surface area contributed by atoms with E-state index in [0.717, 1.165) is 22.6 Å². The van der Waals surface area contributed by atoms with Gasteiger partial charge in [0.25, 0.3) is 0 Å². The molecule has 4 heteroatoms. The SMILES string of the molecule is Cn1nc(-c2ccc(C#N)cc2)cc1-c1cccc[n+]1C. The zero-order valence-electron chi connectivity index (χ0n) is 12.0. The fourth-order valence-electron chi connectivity index (χ4n) is 2.35. The molecule has 0 spiro atoms. The molecule has 0 unspecified atom stereocenters. The Balaban J connectivity index is 2.05. The number of aryl methyl sites for hydroxylation is 2. The molecule has 0 fully saturated rings. The maximum absolute atomic E-state index is 8.85. The van der Waals surface area contributed by atoms with Crippen molar-refractivity contribution in [2.45, 2.75) is 0 Å². The van der Waals surface area contributed by atoms with Gasteiger partial charge in [-0.15, -0.1) is 0 Å². The highest BCUT2D eigenvalue weighted by atomic mass is 15.3. The van der Waals surface area contributed by atoms with E-state index in [4.69, 9.17) is 5.26 Å². The lowest BCUT2D eigenvalue weighted by Crippen LogP contribution is -2.30. The summed E-state index contributed by atoms with van der Waals surface area (Å²) in [5.41, 5.74) is 4.73. The Kier molecular flexibility index (Phi) is 3.25. The molecule has 0 aliphatic rings. The van der Waals surface area contributed by atoms with Gasteiger partial charge in [0.15, 0.2) is 6.20 Å². The van der Waals surface area contributed by atoms with Crippen LogP contribution in [0.4, 0.5) is 0 Å². The number of nitriles is 1. The first-order valence-electron chi connectivity index (χ1n) is 6.68. The van der Waals surface area contributed by atoms with Crippen molar-refractivity contribution in [1.29, 1.82) is 5.26 Å². The quantitative estimate of drug-likeness (QED) is 0.674. The van der Waals surface area contributed by atoms with Crippen molar-refractivity contribution in [2.75, 3.05) is 0 Å². The van der Waals surface area contributed by atoms with E-state index in [1.807, 2.05) is 61.4 Å². The van der Waals surface area contributed by atoms with E-state index in [2.05, 4.69) is 27.9 Å². The number of rotatable bonds is 2. The number of nitrogens with zero attached hydrogens (tertiary/aromatic N) is 4. The second-order valence-electron chi connectivity index (χ2n) is 4.92. The van der Waals surface area contributed by atoms with Crippen molar-refractivity contribution < 1.29 is 4.57 Å². The highest BCUT2D eigenvalue weighted by Gasteiger charge is 2.15. The van der Waals surface area contributed by atoms with Crippen LogP contribution in [0.1, 0.15) is 5.56 Å². The number of benzene rings is 1. The van der Waals surface area contributed by atoms with E-state index in [1.165, 1.54) is 0 Å². The summed E-state index contributed by atoms with van der Waals surface area (Å²) in [4.78, 5) is 0. The second kappa shape index (κ2) is 5.22. The molecule has 2 aromatic heterocycles. The maximum Gasteiger partial charge on any atom is 0.230 e. The molecule has 0 aliphatic carbocycles. The van der Waals surface area contributed by atoms with Gasteiger partial charge in [-0.1, -0.05) is 12.1 Å². The molecule has 1 aromatic carbocycles. The molecule has 2 heterocycles. The van der Waals surface area contributed by atoms with Crippen LogP contribution in [0.2, 0.25) is 0 Å². The number of hydrogen-bond acceptors (Lipinski definition) is 2. The lowest BCUT2D eigenvalue weighted by molar-refractivity contribution is -0.660. The minimum absolute atomic E-state index is 0.657. The van der Waals surface area contributed by atoms with Crippen molar-refractivity contribution in [3.05, 3.63) is 60.3 Å². The molecular formula is C17H15N4+. The first-order chi connectivity index (χ1) is 10.2. The summed E-state index contributed by atoms with van der Waals surface area (Å²) < 4.78 is 3.95. The fraction of sp³-hybridized carbons (Fsp3) is 0.118. The summed E-state index contributed by atoms with van der Waals surface area (Å²) in [6.45, 7) is 0. The van der Waals surface area contributed by atoms with Crippen molar-refractivity contribution >= 4 is 0 Å². The van der Waals surface area contributed by atoms with Crippen LogP contribution in [-0.4, -0.2) is 9.78 Å². The first-order valence-corrected chi connectivity index (χ1v) is 6.68. The first kappa shape index (κ1) is 13.1. The van der Waals surface area contributed by atoms with Gasteiger partial charge in [0, 0.05) is 24.7 Å². The van der Waals surface area contributed by atoms with Gasteiger partial charge in [-0.3, -0.25) is 4.68 Å². The third-order valence-corrected chi connectivity index (χ3v) is 3.51. The highest BCUT2D eigenvalue weighted by Crippen LogP contribution is 2.23. The summed E-state index contributed by atoms with van der Waals surface area (Å²) in [7, 11) is 3.96. The normalized spacial score (nSPS) is 10.3. The Bertz CT molecular complexity index is 823. The van der Waals surface area contributed by atoms with Gasteiger partial charge in [-0.05, 0) is 24.3 Å². The molecule has 21 heavy (non-hydrogen) atoms. The average molecular weight is 275 g/mol. The van der Waals surface area contributed by atoms with E-state index < -0.39 is 0 Å². The van der Waals surface area contributed by atoms with Crippen molar-refractivity contribution in [3.63, 3.8) is 0 Å². The molecule has 0 bridgehead atoms. The smallest absolute Gasteiger partial charge is 0.230 e. The zero-order valence-corrected chi connectivity index (χ0v) is 12.0. The molecule has 4 nitrogen and oxygen atoms in total. The molecule has 0 saturated heterocycles. The largest absolute Gasteiger partial charge is 0.261 e. The standard InChI is InChI=1S/C17H15N4/c1-20-10-4-3-5-16(20)17-11-15(19-21(17)2)14-8-6-13(12-18)7-9-14/h3-11H,1-2H3/q+1. The molecule has 0 aliphatic heterocycles. The lowest BCUT2D eigenvalue weighted by atomic mass is 10.1. The molecule has 0 atom stereocenters. The minimum atomic E-state index is 0.657. The number of pyridine rings is 1. The maximum atomic E-state index is 8.85. The number of hydrogen-bond donors (Lipinski definition) is 0. The third kappa shape index (κ3) is 2.41. The average Bonchev–Trinajstić information content (AvgIpc) is 2.90. The molecule has 0 amide bonds. The van der Waals surface area contributed by atoms with E-state index in [-0.39, 0.29) is 0 Å². The minimum Gasteiger partial charge on any atom is -0.261 e. The Labute approximate surface area is 123 Å². The molecule has 0 saturated carbocycles. The predicted molar refractivity (Wildman–Crippen MR) is 80.0 cm³/mol. The van der Waals surface area contributed by atoms with Crippen LogP contribution in [0.25, 0.3) is 22.6 Å². The van der Waals surface area contributed by atoms with E-state index >= 15 is 0 Å². The molecular weight excluding hydrogens is 260 g/mol. The fourth-order valence-corrected chi connectivity index (χ4v) is 2.35. The van der Waals surface area contributed by atoms with Gasteiger partial charge in [-0.25, -0.2) is 0 Å². The zero-order chi connectivity index (χ0) is 14.8. The van der Waals surface area contributed by atoms with E-state index in [0.29, 0.717) is 5.56 Å². The highest BCUT2D eigenvalue weighted by molar-refractivity contribution is 5.66. The summed E-state index contributed by atoms with van der Waals surface area (Å²) in [6, 6.07) is 17.8. The van der Waals surface area contributed by atoms with Crippen molar-refractivity contribution in [2.24, 2.45) is 14.1 Å². The van der Waals surface area contributed by atoms with Crippen LogP contribution < -0.4 is 4.57 Å². The van der Waals surface area contributed by atoms with Crippen molar-refractivity contribution in [1.82, 2.24) is 9.78 Å². The summed E-state index contributed by atoms with van der Waals surface area (Å²) in [6.07, 6.45) is 2.02. The summed E-state index contributed by atoms with van der Waals surface area (Å²) in [5.74, 6) is 0. The third-order valence-electron chi connectivity index (χ3n) is 3.51. The van der Waals surface area contributed by atoms with Gasteiger partial charge in [-0.2, -0.15) is 14.9 Å². The van der Waals surface area contributed by atoms with Crippen molar-refractivity contribution in [3.8, 4) is 28.7 Å². The summed E-state index contributed by atoms with van der Waals surface area (Å²) in [5, 5.41) is 13.4. The topological polar surface area (TPSA) is 45.5 Å². The molecule has 0 N–H and O–H groups in total. The van der Waals surface area contributed by atoms with Crippen LogP contribution in [0, 0.1) is 11.3 Å². The van der Waals surface area contributed by atoms with Gasteiger partial charge in [0.2, 0.25) is 5.69 Å². The monoisotopic (exact) mass is 275 g/mol. The predicted octanol–water partition coefficient (Wildman–Crippen LogP) is 2.45. The van der Waals surface area contributed by atoms with Crippen LogP contribution in [0.3, 0.4) is 0 Å². The Hall–Kier alpha value is -2.93. The van der Waals surface area contributed by atoms with Gasteiger partial charge in [0.1, 0.15) is 12.7 Å². The lowest BCUT2D eigenvalue weighted by Gasteiger charge is -1.98. The van der Waals surface area contributed by atoms with Crippen LogP contribution in [0.5, 0.6) is 0 Å². The molecule has 0 radical (unpaired) electrons. The Morgan fingerprint density at radius 1 is 1.14 bits per heavy atom. The van der Waals surface area contributed by atoms with Gasteiger partial charge >= 0.3 is 0 Å². The Morgan fingerprint density at radius 3 is 2.57 bits per heavy atom. The van der Waals surface area contributed by atoms with E-state index in [9.17, 15) is 0 Å². The van der Waals surface area contributed by atoms with Gasteiger partial charge in [0.05, 0.1) is 17.3 Å². The number of aromatic nitrogens is 3. The molecule has 3 rings (SSSR count). The van der Waals surface area contributed by atoms with Gasteiger partial charge < -0.3 is 0 Å².